The van der Waals surface area contributed by atoms with Gasteiger partial charge in [-0.05, 0) is 46.5 Å². The standard InChI is InChI=1S/C13H23NO3S/c1-5-17-12(15)11-10(9-7-6-8-9)14(11)18(16)13(2,3)4/h9-11H,5-8H2,1-4H3/t10-,11-,14?,18-/m0/s1. The number of hydrogen-bond donors (Lipinski definition) is 0. The van der Waals surface area contributed by atoms with Gasteiger partial charge < -0.3 is 9.29 Å². The molecule has 1 saturated carbocycles. The van der Waals surface area contributed by atoms with E-state index in [1.54, 1.807) is 0 Å². The maximum Gasteiger partial charge on any atom is 0.329 e. The average molecular weight is 273 g/mol. The lowest BCUT2D eigenvalue weighted by Crippen LogP contribution is -2.36. The maximum absolute atomic E-state index is 12.4. The van der Waals surface area contributed by atoms with E-state index in [1.807, 2.05) is 32.0 Å². The summed E-state index contributed by atoms with van der Waals surface area (Å²) in [7, 11) is 0. The fourth-order valence-corrected chi connectivity index (χ4v) is 3.98. The summed E-state index contributed by atoms with van der Waals surface area (Å²) in [6, 6.07) is -0.117. The smallest absolute Gasteiger partial charge is 0.329 e. The molecule has 1 aliphatic carbocycles. The van der Waals surface area contributed by atoms with Crippen molar-refractivity contribution in [2.24, 2.45) is 5.92 Å². The lowest BCUT2D eigenvalue weighted by Gasteiger charge is -2.28. The zero-order valence-corrected chi connectivity index (χ0v) is 12.5. The number of carbonyl (C=O) groups is 1. The molecule has 0 aromatic rings. The van der Waals surface area contributed by atoms with Gasteiger partial charge in [0, 0.05) is 11.4 Å². The molecular weight excluding hydrogens is 250 g/mol. The number of nitrogens with zero attached hydrogens (tertiary/aromatic N) is 1. The van der Waals surface area contributed by atoms with Crippen LogP contribution < -0.4 is 0 Å². The van der Waals surface area contributed by atoms with Crippen molar-refractivity contribution < 1.29 is 14.1 Å². The first-order valence-electron chi connectivity index (χ1n) is 6.75. The molecule has 0 spiro atoms. The van der Waals surface area contributed by atoms with E-state index in [0.717, 1.165) is 12.8 Å². The van der Waals surface area contributed by atoms with Gasteiger partial charge in [-0.3, -0.25) is 4.79 Å². The molecule has 1 aliphatic heterocycles. The molecule has 1 heterocycles. The van der Waals surface area contributed by atoms with Crippen molar-refractivity contribution in [2.45, 2.75) is 63.8 Å². The molecule has 4 atom stereocenters. The summed E-state index contributed by atoms with van der Waals surface area (Å²) in [6.07, 6.45) is 3.53. The van der Waals surface area contributed by atoms with Gasteiger partial charge in [0.15, 0.2) is 6.04 Å². The predicted octanol–water partition coefficient (Wildman–Crippen LogP) is 1.86. The molecule has 0 aromatic carbocycles. The average Bonchev–Trinajstić information content (AvgIpc) is 2.88. The number of hydrogen-bond acceptors (Lipinski definition) is 4. The first kappa shape index (κ1) is 14.2. The van der Waals surface area contributed by atoms with Gasteiger partial charge in [-0.1, -0.05) is 6.42 Å². The molecule has 104 valence electrons. The molecule has 2 rings (SSSR count). The fourth-order valence-electron chi connectivity index (χ4n) is 2.48. The predicted molar refractivity (Wildman–Crippen MR) is 71.3 cm³/mol. The van der Waals surface area contributed by atoms with Crippen LogP contribution in [-0.2, 0) is 20.9 Å². The minimum Gasteiger partial charge on any atom is -0.597 e. The van der Waals surface area contributed by atoms with Crippen LogP contribution in [0.25, 0.3) is 0 Å². The van der Waals surface area contributed by atoms with Gasteiger partial charge in [-0.25, -0.2) is 0 Å². The molecule has 0 N–H and O–H groups in total. The summed E-state index contributed by atoms with van der Waals surface area (Å²) in [5.41, 5.74) is 0. The van der Waals surface area contributed by atoms with Gasteiger partial charge in [0.1, 0.15) is 4.75 Å². The fraction of sp³-hybridized carbons (Fsp3) is 0.923. The second-order valence-corrected chi connectivity index (χ2v) is 8.24. The Morgan fingerprint density at radius 1 is 1.44 bits per heavy atom. The zero-order chi connectivity index (χ0) is 13.5. The third kappa shape index (κ3) is 2.53. The van der Waals surface area contributed by atoms with Gasteiger partial charge in [0.2, 0.25) is 0 Å². The molecule has 5 heteroatoms. The van der Waals surface area contributed by atoms with Crippen molar-refractivity contribution in [3.8, 4) is 0 Å². The molecule has 0 bridgehead atoms. The number of esters is 1. The first-order valence-corrected chi connectivity index (χ1v) is 7.85. The first-order chi connectivity index (χ1) is 8.38. The molecule has 4 nitrogen and oxygen atoms in total. The largest absolute Gasteiger partial charge is 0.597 e. The summed E-state index contributed by atoms with van der Waals surface area (Å²) in [6.45, 7) is 8.04. The Labute approximate surface area is 112 Å². The quantitative estimate of drug-likeness (QED) is 0.446. The molecule has 2 aliphatic rings. The third-order valence-electron chi connectivity index (χ3n) is 3.68. The van der Waals surface area contributed by atoms with Crippen molar-refractivity contribution in [1.82, 2.24) is 4.31 Å². The minimum absolute atomic E-state index is 0.151. The summed E-state index contributed by atoms with van der Waals surface area (Å²) >= 11 is -1.12. The Hall–Kier alpha value is -0.260. The van der Waals surface area contributed by atoms with Crippen LogP contribution in [0.5, 0.6) is 0 Å². The van der Waals surface area contributed by atoms with Gasteiger partial charge in [-0.15, -0.1) is 4.31 Å². The molecule has 1 saturated heterocycles. The SMILES string of the molecule is CCOC(=O)[C@@H]1[C@H](C2CCC2)N1[S@@+]([O-])C(C)(C)C. The van der Waals surface area contributed by atoms with E-state index in [4.69, 9.17) is 4.74 Å². The van der Waals surface area contributed by atoms with E-state index in [-0.39, 0.29) is 22.8 Å². The normalized spacial score (nSPS) is 33.7. The number of carbonyl (C=O) groups excluding carboxylic acids is 1. The van der Waals surface area contributed by atoms with E-state index in [1.165, 1.54) is 6.42 Å². The van der Waals surface area contributed by atoms with Crippen molar-refractivity contribution >= 4 is 17.3 Å². The maximum atomic E-state index is 12.4. The highest BCUT2D eigenvalue weighted by Gasteiger charge is 2.66. The van der Waals surface area contributed by atoms with Crippen LogP contribution in [0.15, 0.2) is 0 Å². The van der Waals surface area contributed by atoms with Crippen molar-refractivity contribution in [1.29, 1.82) is 0 Å². The van der Waals surface area contributed by atoms with Gasteiger partial charge in [0.25, 0.3) is 0 Å². The van der Waals surface area contributed by atoms with E-state index < -0.39 is 11.4 Å². The Morgan fingerprint density at radius 3 is 2.44 bits per heavy atom. The van der Waals surface area contributed by atoms with Crippen molar-refractivity contribution in [3.05, 3.63) is 0 Å². The second kappa shape index (κ2) is 5.02. The molecule has 0 radical (unpaired) electrons. The van der Waals surface area contributed by atoms with Crippen LogP contribution in [0, 0.1) is 5.92 Å². The van der Waals surface area contributed by atoms with Crippen LogP contribution in [0.3, 0.4) is 0 Å². The minimum atomic E-state index is -1.12. The molecule has 1 unspecified atom stereocenters. The molecule has 0 amide bonds. The Kier molecular flexibility index (Phi) is 3.95. The van der Waals surface area contributed by atoms with Crippen LogP contribution >= 0.6 is 0 Å². The van der Waals surface area contributed by atoms with E-state index in [2.05, 4.69) is 0 Å². The summed E-state index contributed by atoms with van der Waals surface area (Å²) in [5.74, 6) is 0.331. The van der Waals surface area contributed by atoms with Gasteiger partial charge in [-0.2, -0.15) is 0 Å². The third-order valence-corrected chi connectivity index (χ3v) is 5.58. The lowest BCUT2D eigenvalue weighted by molar-refractivity contribution is -0.143. The Balaban J connectivity index is 2.05. The zero-order valence-electron chi connectivity index (χ0n) is 11.6. The highest BCUT2D eigenvalue weighted by molar-refractivity contribution is 7.90. The lowest BCUT2D eigenvalue weighted by atomic mass is 9.82. The second-order valence-electron chi connectivity index (χ2n) is 6.10. The molecule has 2 fully saturated rings. The van der Waals surface area contributed by atoms with Gasteiger partial charge in [0.05, 0.1) is 12.6 Å². The summed E-state index contributed by atoms with van der Waals surface area (Å²) in [4.78, 5) is 11.9. The topological polar surface area (TPSA) is 52.4 Å². The molecular formula is C13H23NO3S. The van der Waals surface area contributed by atoms with Crippen molar-refractivity contribution in [2.75, 3.05) is 6.61 Å². The van der Waals surface area contributed by atoms with Crippen molar-refractivity contribution in [3.63, 3.8) is 0 Å². The van der Waals surface area contributed by atoms with Gasteiger partial charge >= 0.3 is 5.97 Å². The van der Waals surface area contributed by atoms with Crippen LogP contribution in [0.2, 0.25) is 0 Å². The number of ether oxygens (including phenoxy) is 1. The highest BCUT2D eigenvalue weighted by Crippen LogP contribution is 2.48. The van der Waals surface area contributed by atoms with Crippen LogP contribution in [0.1, 0.15) is 47.0 Å². The van der Waals surface area contributed by atoms with E-state index in [0.29, 0.717) is 12.5 Å². The summed E-state index contributed by atoms with van der Waals surface area (Å²) in [5, 5.41) is 0. The van der Waals surface area contributed by atoms with Crippen LogP contribution in [0.4, 0.5) is 0 Å². The Bertz CT molecular complexity index is 325. The highest BCUT2D eigenvalue weighted by atomic mass is 32.2. The van der Waals surface area contributed by atoms with Crippen LogP contribution in [-0.4, -0.2) is 38.3 Å². The molecule has 0 aromatic heterocycles. The van der Waals surface area contributed by atoms with E-state index in [9.17, 15) is 9.35 Å². The summed E-state index contributed by atoms with van der Waals surface area (Å²) < 4.78 is 19.1. The Morgan fingerprint density at radius 2 is 2.06 bits per heavy atom. The monoisotopic (exact) mass is 273 g/mol. The number of rotatable bonds is 4. The molecule has 18 heavy (non-hydrogen) atoms. The van der Waals surface area contributed by atoms with E-state index >= 15 is 0 Å².